The number of carbonyl (C=O) groups is 2. The van der Waals surface area contributed by atoms with Crippen molar-refractivity contribution in [1.82, 2.24) is 15.5 Å². The molecule has 2 heterocycles. The Morgan fingerprint density at radius 1 is 1.48 bits per heavy atom. The number of rotatable bonds is 4. The molecule has 3 rings (SSSR count). The lowest BCUT2D eigenvalue weighted by molar-refractivity contribution is -0.145. The molecule has 0 aliphatic heterocycles. The minimum Gasteiger partial charge on any atom is -0.481 e. The molecule has 1 aliphatic carbocycles. The number of aromatic amines is 1. The van der Waals surface area contributed by atoms with Gasteiger partial charge in [0.15, 0.2) is 5.69 Å². The topological polar surface area (TPSA) is 95.1 Å². The summed E-state index contributed by atoms with van der Waals surface area (Å²) in [6.45, 7) is 1.82. The van der Waals surface area contributed by atoms with E-state index in [1.54, 1.807) is 17.4 Å². The first-order valence-corrected chi connectivity index (χ1v) is 8.52. The second-order valence-electron chi connectivity index (χ2n) is 6.15. The van der Waals surface area contributed by atoms with Crippen molar-refractivity contribution in [2.45, 2.75) is 38.1 Å². The zero-order valence-electron chi connectivity index (χ0n) is 12.8. The van der Waals surface area contributed by atoms with Crippen LogP contribution in [0.15, 0.2) is 23.6 Å². The molecule has 1 fully saturated rings. The first kappa shape index (κ1) is 15.7. The summed E-state index contributed by atoms with van der Waals surface area (Å²) in [6.07, 6.45) is 3.06. The van der Waals surface area contributed by atoms with Crippen LogP contribution in [0.3, 0.4) is 0 Å². The van der Waals surface area contributed by atoms with E-state index in [0.717, 1.165) is 23.4 Å². The predicted molar refractivity (Wildman–Crippen MR) is 87.4 cm³/mol. The summed E-state index contributed by atoms with van der Waals surface area (Å²) in [7, 11) is 0. The molecule has 2 unspecified atom stereocenters. The first-order chi connectivity index (χ1) is 11.0. The van der Waals surface area contributed by atoms with Crippen molar-refractivity contribution in [2.75, 3.05) is 0 Å². The van der Waals surface area contributed by atoms with Gasteiger partial charge in [0.1, 0.15) is 0 Å². The van der Waals surface area contributed by atoms with Crippen LogP contribution in [0.4, 0.5) is 0 Å². The number of hydrogen-bond acceptors (Lipinski definition) is 4. The smallest absolute Gasteiger partial charge is 0.308 e. The van der Waals surface area contributed by atoms with Gasteiger partial charge in [-0.15, -0.1) is 11.3 Å². The van der Waals surface area contributed by atoms with Crippen LogP contribution in [0.25, 0.3) is 10.6 Å². The average molecular weight is 333 g/mol. The lowest BCUT2D eigenvalue weighted by Crippen LogP contribution is -2.55. The molecule has 23 heavy (non-hydrogen) atoms. The molecule has 1 saturated carbocycles. The number of hydrogen-bond donors (Lipinski definition) is 3. The number of thiophene rings is 1. The summed E-state index contributed by atoms with van der Waals surface area (Å²) < 4.78 is 0. The Hall–Kier alpha value is -2.15. The summed E-state index contributed by atoms with van der Waals surface area (Å²) in [6, 6.07) is 5.58. The molecule has 0 spiro atoms. The molecule has 2 aromatic rings. The van der Waals surface area contributed by atoms with Crippen molar-refractivity contribution >= 4 is 23.2 Å². The molecule has 1 aliphatic rings. The predicted octanol–water partition coefficient (Wildman–Crippen LogP) is 2.90. The number of nitrogens with one attached hydrogen (secondary N) is 2. The number of aliphatic carboxylic acids is 1. The van der Waals surface area contributed by atoms with E-state index in [9.17, 15) is 14.7 Å². The van der Waals surface area contributed by atoms with Crippen LogP contribution in [0.5, 0.6) is 0 Å². The van der Waals surface area contributed by atoms with Crippen LogP contribution in [0.1, 0.15) is 43.1 Å². The Balaban J connectivity index is 1.77. The third-order valence-electron chi connectivity index (χ3n) is 4.50. The monoisotopic (exact) mass is 333 g/mol. The molecule has 122 valence electrons. The van der Waals surface area contributed by atoms with E-state index in [-0.39, 0.29) is 11.6 Å². The van der Waals surface area contributed by atoms with Gasteiger partial charge in [-0.3, -0.25) is 14.7 Å². The molecule has 6 nitrogen and oxygen atoms in total. The van der Waals surface area contributed by atoms with Crippen LogP contribution in [-0.4, -0.2) is 32.7 Å². The fraction of sp³-hybridized carbons (Fsp3) is 0.438. The Kier molecular flexibility index (Phi) is 4.21. The van der Waals surface area contributed by atoms with E-state index in [4.69, 9.17) is 0 Å². The molecule has 7 heteroatoms. The van der Waals surface area contributed by atoms with Gasteiger partial charge < -0.3 is 10.4 Å². The molecular weight excluding hydrogens is 314 g/mol. The van der Waals surface area contributed by atoms with Crippen LogP contribution in [-0.2, 0) is 4.79 Å². The summed E-state index contributed by atoms with van der Waals surface area (Å²) >= 11 is 1.56. The summed E-state index contributed by atoms with van der Waals surface area (Å²) in [5.41, 5.74) is 0.335. The SMILES string of the molecule is CC1(NC(=O)c2cc(-c3cccs3)[nH]n2)CCCCC1C(=O)O. The number of carboxylic acid groups (broad SMARTS) is 1. The maximum absolute atomic E-state index is 12.5. The number of carbonyl (C=O) groups excluding carboxylic acids is 1. The van der Waals surface area contributed by atoms with Gasteiger partial charge in [0.2, 0.25) is 0 Å². The van der Waals surface area contributed by atoms with Gasteiger partial charge in [-0.25, -0.2) is 0 Å². The zero-order chi connectivity index (χ0) is 16.4. The first-order valence-electron chi connectivity index (χ1n) is 7.64. The van der Waals surface area contributed by atoms with Crippen LogP contribution >= 0.6 is 11.3 Å². The minimum absolute atomic E-state index is 0.282. The maximum Gasteiger partial charge on any atom is 0.308 e. The highest BCUT2D eigenvalue weighted by molar-refractivity contribution is 7.13. The largest absolute Gasteiger partial charge is 0.481 e. The molecule has 2 aromatic heterocycles. The third-order valence-corrected chi connectivity index (χ3v) is 5.41. The van der Waals surface area contributed by atoms with Gasteiger partial charge in [0.05, 0.1) is 22.0 Å². The number of H-pyrrole nitrogens is 1. The Bertz CT molecular complexity index is 710. The van der Waals surface area contributed by atoms with E-state index < -0.39 is 17.4 Å². The van der Waals surface area contributed by atoms with Crippen LogP contribution < -0.4 is 5.32 Å². The second-order valence-corrected chi connectivity index (χ2v) is 7.10. The van der Waals surface area contributed by atoms with Crippen molar-refractivity contribution in [3.8, 4) is 10.6 Å². The fourth-order valence-corrected chi connectivity index (χ4v) is 3.89. The van der Waals surface area contributed by atoms with Gasteiger partial charge in [0.25, 0.3) is 5.91 Å². The number of aromatic nitrogens is 2. The quantitative estimate of drug-likeness (QED) is 0.802. The Labute approximate surface area is 137 Å². The van der Waals surface area contributed by atoms with Crippen LogP contribution in [0.2, 0.25) is 0 Å². The van der Waals surface area contributed by atoms with Crippen molar-refractivity contribution in [3.63, 3.8) is 0 Å². The molecule has 3 N–H and O–H groups in total. The standard InChI is InChI=1S/C16H19N3O3S/c1-16(7-3-2-5-10(16)15(21)22)17-14(20)12-9-11(18-19-12)13-6-4-8-23-13/h4,6,8-10H,2-3,5,7H2,1H3,(H,17,20)(H,18,19)(H,21,22). The van der Waals surface area contributed by atoms with Gasteiger partial charge in [-0.05, 0) is 37.3 Å². The highest BCUT2D eigenvalue weighted by Gasteiger charge is 2.42. The lowest BCUT2D eigenvalue weighted by atomic mass is 9.74. The molecule has 0 aromatic carbocycles. The minimum atomic E-state index is -0.853. The van der Waals surface area contributed by atoms with Crippen molar-refractivity contribution < 1.29 is 14.7 Å². The number of carboxylic acids is 1. The third kappa shape index (κ3) is 3.14. The van der Waals surface area contributed by atoms with Gasteiger partial charge in [-0.1, -0.05) is 18.9 Å². The lowest BCUT2D eigenvalue weighted by Gasteiger charge is -2.39. The molecule has 1 amide bonds. The maximum atomic E-state index is 12.5. The highest BCUT2D eigenvalue weighted by atomic mass is 32.1. The summed E-state index contributed by atoms with van der Waals surface area (Å²) in [4.78, 5) is 25.0. The van der Waals surface area contributed by atoms with Crippen LogP contribution in [0, 0.1) is 5.92 Å². The van der Waals surface area contributed by atoms with Crippen molar-refractivity contribution in [3.05, 3.63) is 29.3 Å². The van der Waals surface area contributed by atoms with Crippen molar-refractivity contribution in [1.29, 1.82) is 0 Å². The number of nitrogens with zero attached hydrogens (tertiary/aromatic N) is 1. The van der Waals surface area contributed by atoms with E-state index in [1.807, 2.05) is 24.4 Å². The van der Waals surface area contributed by atoms with Gasteiger partial charge in [0, 0.05) is 0 Å². The van der Waals surface area contributed by atoms with Crippen molar-refractivity contribution in [2.24, 2.45) is 5.92 Å². The van der Waals surface area contributed by atoms with Gasteiger partial charge in [-0.2, -0.15) is 5.10 Å². The second kappa shape index (κ2) is 6.16. The van der Waals surface area contributed by atoms with Gasteiger partial charge >= 0.3 is 5.97 Å². The van der Waals surface area contributed by atoms with E-state index >= 15 is 0 Å². The van der Waals surface area contributed by atoms with E-state index in [2.05, 4.69) is 15.5 Å². The average Bonchev–Trinajstić information content (AvgIpc) is 3.18. The Morgan fingerprint density at radius 2 is 2.30 bits per heavy atom. The molecule has 0 saturated heterocycles. The fourth-order valence-electron chi connectivity index (χ4n) is 3.20. The summed E-state index contributed by atoms with van der Waals surface area (Å²) in [5, 5.41) is 21.2. The summed E-state index contributed by atoms with van der Waals surface area (Å²) in [5.74, 6) is -1.75. The molecule has 0 radical (unpaired) electrons. The zero-order valence-corrected chi connectivity index (χ0v) is 13.7. The van der Waals surface area contributed by atoms with E-state index in [0.29, 0.717) is 12.8 Å². The van der Waals surface area contributed by atoms with E-state index in [1.165, 1.54) is 0 Å². The molecular formula is C16H19N3O3S. The highest BCUT2D eigenvalue weighted by Crippen LogP contribution is 2.34. The number of amides is 1. The molecule has 2 atom stereocenters. The normalized spacial score (nSPS) is 24.3. The Morgan fingerprint density at radius 3 is 3.00 bits per heavy atom. The molecule has 0 bridgehead atoms.